The minimum Gasteiger partial charge on any atom is -0.294 e. The third kappa shape index (κ3) is 2.16. The van der Waals surface area contributed by atoms with Crippen LogP contribution in [0, 0.1) is 11.3 Å². The van der Waals surface area contributed by atoms with Gasteiger partial charge >= 0.3 is 0 Å². The number of Topliss-reactive ketones (excluding diaryl/α,β-unsaturated/α-hetero) is 1. The van der Waals surface area contributed by atoms with Crippen molar-refractivity contribution in [2.45, 2.75) is 39.0 Å². The Morgan fingerprint density at radius 2 is 1.90 bits per heavy atom. The lowest BCUT2D eigenvalue weighted by molar-refractivity contribution is -0.118. The van der Waals surface area contributed by atoms with Crippen molar-refractivity contribution in [3.63, 3.8) is 0 Å². The smallest absolute Gasteiger partial charge is 0.167 e. The topological polar surface area (TPSA) is 17.1 Å². The van der Waals surface area contributed by atoms with E-state index in [1.54, 1.807) is 11.8 Å². The van der Waals surface area contributed by atoms with E-state index in [0.717, 1.165) is 16.9 Å². The van der Waals surface area contributed by atoms with Crippen LogP contribution in [0.25, 0.3) is 0 Å². The molecule has 0 fully saturated rings. The highest BCUT2D eigenvalue weighted by atomic mass is 32.2. The summed E-state index contributed by atoms with van der Waals surface area (Å²) >= 11 is 1.75. The molecule has 0 saturated heterocycles. The number of hydrogen-bond acceptors (Lipinski definition) is 2. The van der Waals surface area contributed by atoms with Gasteiger partial charge in [0.05, 0.1) is 0 Å². The van der Waals surface area contributed by atoms with E-state index in [9.17, 15) is 4.79 Å². The van der Waals surface area contributed by atoms with Crippen LogP contribution >= 0.6 is 11.8 Å². The third-order valence-electron chi connectivity index (χ3n) is 4.17. The van der Waals surface area contributed by atoms with E-state index in [1.165, 1.54) is 16.0 Å². The average molecular weight is 284 g/mol. The van der Waals surface area contributed by atoms with E-state index in [2.05, 4.69) is 51.1 Å². The molecule has 0 aromatic heterocycles. The van der Waals surface area contributed by atoms with E-state index < -0.39 is 0 Å². The minimum absolute atomic E-state index is 0.0135. The summed E-state index contributed by atoms with van der Waals surface area (Å²) in [4.78, 5) is 15.2. The summed E-state index contributed by atoms with van der Waals surface area (Å²) in [6, 6.07) is 8.40. The first-order chi connectivity index (χ1) is 9.38. The molecular formula is C18H20OS. The molecule has 0 N–H and O–H groups in total. The molecule has 0 spiro atoms. The van der Waals surface area contributed by atoms with Gasteiger partial charge < -0.3 is 0 Å². The number of hydrogen-bond donors (Lipinski definition) is 0. The van der Waals surface area contributed by atoms with Gasteiger partial charge in [0, 0.05) is 27.7 Å². The van der Waals surface area contributed by atoms with Gasteiger partial charge in [0.25, 0.3) is 0 Å². The van der Waals surface area contributed by atoms with Crippen LogP contribution in [0.5, 0.6) is 0 Å². The van der Waals surface area contributed by atoms with Crippen molar-refractivity contribution < 1.29 is 4.79 Å². The summed E-state index contributed by atoms with van der Waals surface area (Å²) < 4.78 is 0. The average Bonchev–Trinajstić information content (AvgIpc) is 2.40. The highest BCUT2D eigenvalue weighted by molar-refractivity contribution is 8.03. The maximum atomic E-state index is 12.7. The van der Waals surface area contributed by atoms with Gasteiger partial charge in [0.15, 0.2) is 5.78 Å². The first-order valence-electron chi connectivity index (χ1n) is 7.13. The molecule has 3 rings (SSSR count). The van der Waals surface area contributed by atoms with Crippen LogP contribution in [0.3, 0.4) is 0 Å². The summed E-state index contributed by atoms with van der Waals surface area (Å²) in [7, 11) is 0. The third-order valence-corrected chi connectivity index (χ3v) is 5.37. The monoisotopic (exact) mass is 284 g/mol. The SMILES string of the molecule is CC1C(=O)C2=C(C=C1C(C)(C)C)Sc1ccccc1C2. The molecule has 104 valence electrons. The van der Waals surface area contributed by atoms with Gasteiger partial charge in [-0.15, -0.1) is 0 Å². The highest BCUT2D eigenvalue weighted by Crippen LogP contribution is 2.46. The molecule has 1 unspecified atom stereocenters. The molecule has 1 aromatic rings. The molecular weight excluding hydrogens is 264 g/mol. The fraction of sp³-hybridized carbons (Fsp3) is 0.389. The van der Waals surface area contributed by atoms with Crippen molar-refractivity contribution in [3.8, 4) is 0 Å². The number of thioether (sulfide) groups is 1. The molecule has 1 atom stereocenters. The van der Waals surface area contributed by atoms with Crippen molar-refractivity contribution in [2.24, 2.45) is 11.3 Å². The number of carbonyl (C=O) groups excluding carboxylic acids is 1. The maximum absolute atomic E-state index is 12.7. The Kier molecular flexibility index (Phi) is 3.17. The number of benzene rings is 1. The van der Waals surface area contributed by atoms with Gasteiger partial charge in [0.1, 0.15) is 0 Å². The zero-order chi connectivity index (χ0) is 14.5. The molecule has 1 aliphatic heterocycles. The Labute approximate surface area is 125 Å². The second kappa shape index (κ2) is 4.63. The Bertz CT molecular complexity index is 644. The molecule has 0 radical (unpaired) electrons. The predicted octanol–water partition coefficient (Wildman–Crippen LogP) is 4.78. The van der Waals surface area contributed by atoms with Crippen LogP contribution in [0.1, 0.15) is 33.3 Å². The summed E-state index contributed by atoms with van der Waals surface area (Å²) in [5, 5.41) is 0. The quantitative estimate of drug-likeness (QED) is 0.682. The minimum atomic E-state index is 0.0135. The molecule has 1 nitrogen and oxygen atoms in total. The first kappa shape index (κ1) is 13.7. The van der Waals surface area contributed by atoms with Crippen molar-refractivity contribution in [2.75, 3.05) is 0 Å². The molecule has 0 amide bonds. The molecule has 0 bridgehead atoms. The number of carbonyl (C=O) groups is 1. The van der Waals surface area contributed by atoms with Gasteiger partial charge in [-0.2, -0.15) is 0 Å². The fourth-order valence-corrected chi connectivity index (χ4v) is 4.20. The van der Waals surface area contributed by atoms with Crippen molar-refractivity contribution in [1.82, 2.24) is 0 Å². The van der Waals surface area contributed by atoms with E-state index in [4.69, 9.17) is 0 Å². The summed E-state index contributed by atoms with van der Waals surface area (Å²) in [6.07, 6.45) is 3.05. The Morgan fingerprint density at radius 1 is 1.20 bits per heavy atom. The molecule has 1 aromatic carbocycles. The zero-order valence-corrected chi connectivity index (χ0v) is 13.3. The lowest BCUT2D eigenvalue weighted by Gasteiger charge is -2.34. The number of rotatable bonds is 0. The number of allylic oxidation sites excluding steroid dienone is 3. The molecule has 1 aliphatic carbocycles. The van der Waals surface area contributed by atoms with Crippen LogP contribution < -0.4 is 0 Å². The van der Waals surface area contributed by atoms with Gasteiger partial charge in [-0.25, -0.2) is 0 Å². The standard InChI is InChI=1S/C18H20OS/c1-11-14(18(2,3)4)10-16-13(17(11)19)9-12-7-5-6-8-15(12)20-16/h5-8,10-11H,9H2,1-4H3. The molecule has 1 heterocycles. The van der Waals surface area contributed by atoms with Crippen molar-refractivity contribution in [3.05, 3.63) is 52.0 Å². The van der Waals surface area contributed by atoms with E-state index >= 15 is 0 Å². The Hall–Kier alpha value is -1.28. The van der Waals surface area contributed by atoms with E-state index in [1.807, 2.05) is 6.92 Å². The van der Waals surface area contributed by atoms with Crippen LogP contribution in [-0.2, 0) is 11.2 Å². The zero-order valence-electron chi connectivity index (χ0n) is 12.5. The Balaban J connectivity index is 2.08. The number of fused-ring (bicyclic) bond motifs is 1. The summed E-state index contributed by atoms with van der Waals surface area (Å²) in [5.41, 5.74) is 3.59. The van der Waals surface area contributed by atoms with Gasteiger partial charge in [-0.05, 0) is 23.1 Å². The van der Waals surface area contributed by atoms with Gasteiger partial charge in [-0.3, -0.25) is 4.79 Å². The van der Waals surface area contributed by atoms with Crippen LogP contribution in [-0.4, -0.2) is 5.78 Å². The lowest BCUT2D eigenvalue weighted by Crippen LogP contribution is -2.29. The normalized spacial score (nSPS) is 22.3. The molecule has 2 aliphatic rings. The maximum Gasteiger partial charge on any atom is 0.167 e. The van der Waals surface area contributed by atoms with Crippen molar-refractivity contribution in [1.29, 1.82) is 0 Å². The predicted molar refractivity (Wildman–Crippen MR) is 84.7 cm³/mol. The van der Waals surface area contributed by atoms with Crippen molar-refractivity contribution >= 4 is 17.5 Å². The molecule has 2 heteroatoms. The first-order valence-corrected chi connectivity index (χ1v) is 7.95. The van der Waals surface area contributed by atoms with Crippen LogP contribution in [0.15, 0.2) is 51.3 Å². The second-order valence-electron chi connectivity index (χ2n) is 6.66. The molecule has 20 heavy (non-hydrogen) atoms. The van der Waals surface area contributed by atoms with E-state index in [0.29, 0.717) is 5.78 Å². The Morgan fingerprint density at radius 3 is 2.60 bits per heavy atom. The van der Waals surface area contributed by atoms with Crippen LogP contribution in [0.4, 0.5) is 0 Å². The number of ketones is 1. The van der Waals surface area contributed by atoms with Gasteiger partial charge in [-0.1, -0.05) is 63.2 Å². The largest absolute Gasteiger partial charge is 0.294 e. The summed E-state index contributed by atoms with van der Waals surface area (Å²) in [5.74, 6) is 0.328. The van der Waals surface area contributed by atoms with E-state index in [-0.39, 0.29) is 11.3 Å². The van der Waals surface area contributed by atoms with Crippen LogP contribution in [0.2, 0.25) is 0 Å². The second-order valence-corrected chi connectivity index (χ2v) is 7.75. The lowest BCUT2D eigenvalue weighted by atomic mass is 9.73. The highest BCUT2D eigenvalue weighted by Gasteiger charge is 2.35. The van der Waals surface area contributed by atoms with Gasteiger partial charge in [0.2, 0.25) is 0 Å². The summed E-state index contributed by atoms with van der Waals surface area (Å²) in [6.45, 7) is 8.62. The molecule has 0 saturated carbocycles. The fourth-order valence-electron chi connectivity index (χ4n) is 3.07.